The Morgan fingerprint density at radius 2 is 1.65 bits per heavy atom. The van der Waals surface area contributed by atoms with Gasteiger partial charge in [0.25, 0.3) is 0 Å². The van der Waals surface area contributed by atoms with Crippen LogP contribution in [-0.4, -0.2) is 80.0 Å². The molecule has 0 unspecified atom stereocenters. The summed E-state index contributed by atoms with van der Waals surface area (Å²) in [6.07, 6.45) is -8.48. The van der Waals surface area contributed by atoms with Crippen molar-refractivity contribution in [3.8, 4) is 0 Å². The lowest BCUT2D eigenvalue weighted by molar-refractivity contribution is -0.249. The summed E-state index contributed by atoms with van der Waals surface area (Å²) in [5.41, 5.74) is 0. The van der Waals surface area contributed by atoms with Crippen molar-refractivity contribution in [1.29, 1.82) is 0 Å². The van der Waals surface area contributed by atoms with Crippen LogP contribution in [0.15, 0.2) is 0 Å². The highest BCUT2D eigenvalue weighted by atomic mass is 16.5. The topological polar surface area (TPSA) is 131 Å². The lowest BCUT2D eigenvalue weighted by atomic mass is 9.90. The van der Waals surface area contributed by atoms with Crippen LogP contribution < -0.4 is 0 Å². The summed E-state index contributed by atoms with van der Waals surface area (Å²) in [6.45, 7) is 0.858. The number of aliphatic hydroxyl groups is 6. The van der Waals surface area contributed by atoms with Gasteiger partial charge in [-0.2, -0.15) is 0 Å². The first-order valence-corrected chi connectivity index (χ1v) is 5.55. The monoisotopic (exact) mass is 252 g/mol. The third-order valence-corrected chi connectivity index (χ3v) is 2.89. The maximum Gasteiger partial charge on any atom is 0.115 e. The van der Waals surface area contributed by atoms with E-state index in [1.165, 1.54) is 6.92 Å². The van der Waals surface area contributed by atoms with Crippen molar-refractivity contribution < 1.29 is 35.4 Å². The van der Waals surface area contributed by atoms with Crippen molar-refractivity contribution in [2.45, 2.75) is 56.1 Å². The Morgan fingerprint density at radius 3 is 2.12 bits per heavy atom. The number of rotatable bonds is 4. The summed E-state index contributed by atoms with van der Waals surface area (Å²) in [7, 11) is 0. The molecular weight excluding hydrogens is 232 g/mol. The van der Waals surface area contributed by atoms with E-state index in [2.05, 4.69) is 0 Å². The number of hydrogen-bond acceptors (Lipinski definition) is 7. The standard InChI is InChI=1S/C10H20O7/c1-4(12)2-6-7(14)8(15)9(16)10(17-6)5(13)3-11/h4-16H,2-3H2,1H3/t4-,5-,6+,7-,8-,9+,10-/m1/s1. The molecule has 7 heteroatoms. The van der Waals surface area contributed by atoms with Gasteiger partial charge in [0.05, 0.1) is 18.8 Å². The van der Waals surface area contributed by atoms with E-state index in [-0.39, 0.29) is 6.42 Å². The molecule has 0 aromatic rings. The van der Waals surface area contributed by atoms with Crippen molar-refractivity contribution in [1.82, 2.24) is 0 Å². The molecule has 1 fully saturated rings. The van der Waals surface area contributed by atoms with Gasteiger partial charge in [0.15, 0.2) is 0 Å². The molecule has 6 N–H and O–H groups in total. The Morgan fingerprint density at radius 1 is 1.06 bits per heavy atom. The van der Waals surface area contributed by atoms with Crippen molar-refractivity contribution in [2.24, 2.45) is 0 Å². The predicted octanol–water partition coefficient (Wildman–Crippen LogP) is -3.04. The quantitative estimate of drug-likeness (QED) is 0.313. The highest BCUT2D eigenvalue weighted by Gasteiger charge is 2.46. The smallest absolute Gasteiger partial charge is 0.115 e. The minimum atomic E-state index is -1.49. The van der Waals surface area contributed by atoms with E-state index < -0.39 is 49.3 Å². The van der Waals surface area contributed by atoms with Gasteiger partial charge < -0.3 is 35.4 Å². The second-order valence-corrected chi connectivity index (χ2v) is 4.45. The van der Waals surface area contributed by atoms with E-state index in [1.54, 1.807) is 0 Å². The molecule has 0 bridgehead atoms. The molecule has 0 spiro atoms. The summed E-state index contributed by atoms with van der Waals surface area (Å²) in [6, 6.07) is 0. The van der Waals surface area contributed by atoms with Crippen LogP contribution in [0.5, 0.6) is 0 Å². The van der Waals surface area contributed by atoms with Crippen LogP contribution >= 0.6 is 0 Å². The molecule has 7 atom stereocenters. The highest BCUT2D eigenvalue weighted by molar-refractivity contribution is 4.95. The van der Waals surface area contributed by atoms with E-state index in [0.717, 1.165) is 0 Å². The molecule has 0 aromatic heterocycles. The largest absolute Gasteiger partial charge is 0.394 e. The van der Waals surface area contributed by atoms with E-state index in [4.69, 9.17) is 9.84 Å². The van der Waals surface area contributed by atoms with Crippen molar-refractivity contribution >= 4 is 0 Å². The third kappa shape index (κ3) is 3.35. The molecule has 0 amide bonds. The number of ether oxygens (including phenoxy) is 1. The summed E-state index contributed by atoms with van der Waals surface area (Å²) in [5, 5.41) is 56.2. The van der Waals surface area contributed by atoms with Gasteiger partial charge in [-0.05, 0) is 6.92 Å². The second kappa shape index (κ2) is 6.05. The summed E-state index contributed by atoms with van der Waals surface area (Å²) >= 11 is 0. The van der Waals surface area contributed by atoms with Crippen molar-refractivity contribution in [2.75, 3.05) is 6.61 Å². The summed E-state index contributed by atoms with van der Waals surface area (Å²) in [4.78, 5) is 0. The minimum absolute atomic E-state index is 0.0552. The average molecular weight is 252 g/mol. The lowest BCUT2D eigenvalue weighted by Crippen LogP contribution is -2.61. The molecule has 1 aliphatic rings. The van der Waals surface area contributed by atoms with Crippen LogP contribution in [-0.2, 0) is 4.74 Å². The van der Waals surface area contributed by atoms with Gasteiger partial charge in [0.1, 0.15) is 30.5 Å². The highest BCUT2D eigenvalue weighted by Crippen LogP contribution is 2.25. The van der Waals surface area contributed by atoms with Gasteiger partial charge in [0, 0.05) is 6.42 Å². The predicted molar refractivity (Wildman–Crippen MR) is 56.1 cm³/mol. The van der Waals surface area contributed by atoms with Crippen LogP contribution in [0.4, 0.5) is 0 Å². The van der Waals surface area contributed by atoms with Gasteiger partial charge in [-0.1, -0.05) is 0 Å². The SMILES string of the molecule is C[C@@H](O)C[C@@H]1O[C@H]([C@H](O)CO)[C@@H](O)[C@H](O)[C@@H]1O. The Kier molecular flexibility index (Phi) is 5.26. The van der Waals surface area contributed by atoms with Gasteiger partial charge in [-0.15, -0.1) is 0 Å². The van der Waals surface area contributed by atoms with Gasteiger partial charge >= 0.3 is 0 Å². The molecule has 1 heterocycles. The van der Waals surface area contributed by atoms with E-state index in [1.807, 2.05) is 0 Å². The molecule has 7 nitrogen and oxygen atoms in total. The van der Waals surface area contributed by atoms with Gasteiger partial charge in [-0.25, -0.2) is 0 Å². The first-order chi connectivity index (χ1) is 7.88. The van der Waals surface area contributed by atoms with Crippen molar-refractivity contribution in [3.63, 3.8) is 0 Å². The molecule has 102 valence electrons. The van der Waals surface area contributed by atoms with Crippen LogP contribution in [0.25, 0.3) is 0 Å². The van der Waals surface area contributed by atoms with E-state index in [0.29, 0.717) is 0 Å². The van der Waals surface area contributed by atoms with Crippen LogP contribution in [0.3, 0.4) is 0 Å². The van der Waals surface area contributed by atoms with Gasteiger partial charge in [0.2, 0.25) is 0 Å². The molecule has 0 aromatic carbocycles. The zero-order chi connectivity index (χ0) is 13.2. The van der Waals surface area contributed by atoms with E-state index in [9.17, 15) is 25.5 Å². The molecule has 0 aliphatic carbocycles. The Balaban J connectivity index is 2.75. The maximum absolute atomic E-state index is 9.64. The maximum atomic E-state index is 9.64. The molecule has 17 heavy (non-hydrogen) atoms. The first-order valence-electron chi connectivity index (χ1n) is 5.55. The fourth-order valence-electron chi connectivity index (χ4n) is 1.93. The van der Waals surface area contributed by atoms with E-state index >= 15 is 0 Å². The van der Waals surface area contributed by atoms with Crippen LogP contribution in [0, 0.1) is 0 Å². The summed E-state index contributed by atoms with van der Waals surface area (Å²) in [5.74, 6) is 0. The summed E-state index contributed by atoms with van der Waals surface area (Å²) < 4.78 is 5.21. The molecule has 1 rings (SSSR count). The average Bonchev–Trinajstić information content (AvgIpc) is 2.28. The molecular formula is C10H20O7. The number of aliphatic hydroxyl groups excluding tert-OH is 6. The number of hydrogen-bond donors (Lipinski definition) is 6. The molecule has 0 radical (unpaired) electrons. The third-order valence-electron chi connectivity index (χ3n) is 2.89. The van der Waals surface area contributed by atoms with Crippen molar-refractivity contribution in [3.05, 3.63) is 0 Å². The fourth-order valence-corrected chi connectivity index (χ4v) is 1.93. The Bertz CT molecular complexity index is 235. The van der Waals surface area contributed by atoms with Crippen LogP contribution in [0.1, 0.15) is 13.3 Å². The lowest BCUT2D eigenvalue weighted by Gasteiger charge is -2.42. The normalized spacial score (nSPS) is 42.2. The zero-order valence-corrected chi connectivity index (χ0v) is 9.55. The van der Waals surface area contributed by atoms with Crippen LogP contribution in [0.2, 0.25) is 0 Å². The van der Waals surface area contributed by atoms with Gasteiger partial charge in [-0.3, -0.25) is 0 Å². The fraction of sp³-hybridized carbons (Fsp3) is 1.00. The zero-order valence-electron chi connectivity index (χ0n) is 9.55. The first kappa shape index (κ1) is 14.8. The second-order valence-electron chi connectivity index (χ2n) is 4.45. The molecule has 1 aliphatic heterocycles. The Hall–Kier alpha value is -0.280. The molecule has 1 saturated heterocycles. The molecule has 0 saturated carbocycles. The Labute approximate surface area is 98.9 Å². The minimum Gasteiger partial charge on any atom is -0.394 e.